The molecule has 0 amide bonds. The van der Waals surface area contributed by atoms with Crippen molar-refractivity contribution in [2.75, 3.05) is 29.4 Å². The number of hydrogen-bond acceptors (Lipinski definition) is 9. The molecule has 4 aliphatic rings. The zero-order chi connectivity index (χ0) is 85.9. The third kappa shape index (κ3) is 11.7. The average molecular weight is 1720 g/mol. The Labute approximate surface area is 772 Å². The number of para-hydroxylation sites is 7. The highest BCUT2D eigenvalue weighted by Gasteiger charge is 2.50. The molecule has 0 aliphatic carbocycles. The third-order valence-corrected chi connectivity index (χ3v) is 31.0. The van der Waals surface area contributed by atoms with Crippen LogP contribution in [0.5, 0.6) is 0 Å². The molecule has 0 bridgehead atoms. The number of benzene rings is 20. The second-order valence-electron chi connectivity index (χ2n) is 34.4. The Morgan fingerprint density at radius 1 is 0.191 bits per heavy atom. The normalized spacial score (nSPS) is 12.8. The van der Waals surface area contributed by atoms with Crippen molar-refractivity contribution in [1.82, 2.24) is 0 Å². The van der Waals surface area contributed by atoms with Gasteiger partial charge in [0, 0.05) is 131 Å². The summed E-state index contributed by atoms with van der Waals surface area (Å²) in [5.41, 5.74) is 35.8. The Kier molecular flexibility index (Phi) is 17.4. The first kappa shape index (κ1) is 75.2. The molecular formula is C120H76B2N6S3. The summed E-state index contributed by atoms with van der Waals surface area (Å²) in [4.78, 5) is 15.9. The molecule has 27 rings (SSSR count). The molecule has 20 aromatic carbocycles. The Balaban J connectivity index is 0.802. The van der Waals surface area contributed by atoms with E-state index in [1.165, 1.54) is 93.3 Å². The lowest BCUT2D eigenvalue weighted by molar-refractivity contribution is 1.22. The van der Waals surface area contributed by atoms with Crippen LogP contribution in [0.25, 0.3) is 105 Å². The minimum atomic E-state index is -0.342. The van der Waals surface area contributed by atoms with Gasteiger partial charge in [0.05, 0.1) is 53.9 Å². The number of thiophene rings is 3. The van der Waals surface area contributed by atoms with Crippen molar-refractivity contribution in [2.24, 2.45) is 0 Å². The maximum Gasteiger partial charge on any atom is 0.252 e. The van der Waals surface area contributed by atoms with E-state index in [4.69, 9.17) is 0 Å². The van der Waals surface area contributed by atoms with Crippen molar-refractivity contribution in [2.45, 2.75) is 0 Å². The summed E-state index contributed by atoms with van der Waals surface area (Å²) in [6, 6.07) is 174. The fraction of sp³-hybridized carbons (Fsp3) is 0. The summed E-state index contributed by atoms with van der Waals surface area (Å²) in [7, 11) is 0. The van der Waals surface area contributed by atoms with Crippen molar-refractivity contribution in [3.63, 3.8) is 0 Å². The Bertz CT molecular complexity index is 8430. The number of rotatable bonds is 14. The summed E-state index contributed by atoms with van der Waals surface area (Å²) in [6.07, 6.45) is 0. The van der Waals surface area contributed by atoms with Crippen molar-refractivity contribution in [3.05, 3.63) is 461 Å². The maximum absolute atomic E-state index is 2.73. The van der Waals surface area contributed by atoms with Crippen LogP contribution in [0.15, 0.2) is 461 Å². The highest BCUT2D eigenvalue weighted by atomic mass is 32.1. The quantitative estimate of drug-likeness (QED) is 0.100. The molecule has 4 aliphatic heterocycles. The van der Waals surface area contributed by atoms with Gasteiger partial charge in [-0.3, -0.25) is 0 Å². The van der Waals surface area contributed by atoms with Gasteiger partial charge in [0.25, 0.3) is 13.4 Å². The van der Waals surface area contributed by atoms with E-state index in [1.807, 2.05) is 34.0 Å². The fourth-order valence-corrected chi connectivity index (χ4v) is 25.5. The molecule has 0 unspecified atom stereocenters. The predicted molar refractivity (Wildman–Crippen MR) is 564 cm³/mol. The van der Waals surface area contributed by atoms with Gasteiger partial charge in [0.1, 0.15) is 0 Å². The van der Waals surface area contributed by atoms with Crippen LogP contribution in [-0.4, -0.2) is 13.4 Å². The van der Waals surface area contributed by atoms with E-state index in [0.717, 1.165) is 147 Å². The topological polar surface area (TPSA) is 19.4 Å². The first-order valence-electron chi connectivity index (χ1n) is 44.9. The van der Waals surface area contributed by atoms with E-state index in [0.29, 0.717) is 0 Å². The number of hydrogen-bond donors (Lipinski definition) is 0. The minimum Gasteiger partial charge on any atom is -0.311 e. The molecule has 0 saturated heterocycles. The van der Waals surface area contributed by atoms with E-state index in [2.05, 4.69) is 490 Å². The molecule has 23 aromatic rings. The van der Waals surface area contributed by atoms with Gasteiger partial charge in [-0.05, 0) is 170 Å². The lowest BCUT2D eigenvalue weighted by Gasteiger charge is -2.48. The highest BCUT2D eigenvalue weighted by Crippen LogP contribution is 2.59. The molecule has 7 heterocycles. The van der Waals surface area contributed by atoms with Crippen LogP contribution in [0.1, 0.15) is 0 Å². The van der Waals surface area contributed by atoms with E-state index in [9.17, 15) is 0 Å². The number of nitrogens with zero attached hydrogens (tertiary/aromatic N) is 6. The van der Waals surface area contributed by atoms with Crippen molar-refractivity contribution >= 4 is 243 Å². The molecule has 3 aromatic heterocycles. The molecule has 6 nitrogen and oxygen atoms in total. The monoisotopic (exact) mass is 1720 g/mol. The molecule has 0 saturated carbocycles. The Morgan fingerprint density at radius 3 is 0.916 bits per heavy atom. The summed E-state index contributed by atoms with van der Waals surface area (Å²) in [5, 5.41) is 7.41. The summed E-state index contributed by atoms with van der Waals surface area (Å²) >= 11 is 5.63. The van der Waals surface area contributed by atoms with Crippen molar-refractivity contribution < 1.29 is 0 Å². The van der Waals surface area contributed by atoms with Crippen LogP contribution >= 0.6 is 34.0 Å². The van der Waals surface area contributed by atoms with Crippen molar-refractivity contribution in [3.8, 4) is 44.5 Å². The smallest absolute Gasteiger partial charge is 0.252 e. The summed E-state index contributed by atoms with van der Waals surface area (Å²) < 4.78 is 7.38. The second kappa shape index (κ2) is 30.3. The average Bonchev–Trinajstić information content (AvgIpc) is 1.54. The van der Waals surface area contributed by atoms with Crippen LogP contribution < -0.4 is 62.2 Å². The molecule has 0 spiro atoms. The summed E-state index contributed by atoms with van der Waals surface area (Å²) in [6.45, 7) is -0.673. The van der Waals surface area contributed by atoms with E-state index in [1.54, 1.807) is 0 Å². The van der Waals surface area contributed by atoms with Gasteiger partial charge in [-0.15, -0.1) is 34.0 Å². The van der Waals surface area contributed by atoms with Crippen molar-refractivity contribution in [1.29, 1.82) is 0 Å². The molecular weight excluding hydrogens is 1640 g/mol. The molecule has 610 valence electrons. The molecule has 0 atom stereocenters. The third-order valence-electron chi connectivity index (χ3n) is 27.3. The van der Waals surface area contributed by atoms with Crippen LogP contribution in [0.4, 0.5) is 102 Å². The van der Waals surface area contributed by atoms with Crippen LogP contribution in [0.2, 0.25) is 0 Å². The predicted octanol–water partition coefficient (Wildman–Crippen LogP) is 30.6. The number of fused-ring (bicyclic) bond motifs is 17. The maximum atomic E-state index is 2.73. The zero-order valence-corrected chi connectivity index (χ0v) is 73.4. The van der Waals surface area contributed by atoms with Crippen LogP contribution in [0, 0.1) is 0 Å². The molecule has 0 N–H and O–H groups in total. The van der Waals surface area contributed by atoms with Gasteiger partial charge in [0.15, 0.2) is 0 Å². The van der Waals surface area contributed by atoms with Gasteiger partial charge in [-0.1, -0.05) is 346 Å². The van der Waals surface area contributed by atoms with Gasteiger partial charge in [-0.25, -0.2) is 0 Å². The SMILES string of the molecule is c1ccc(-c2cccc(-c3ccccc3)c2N2c3ccccc3B3c4cc5c(cc4N(c4ccccc4)c4cc(N(c6ccccc6)c6cccc7c6sc6ccccc67)cc2c43)N(c2cccc3c2sc2ccccc23)c2cc(N(c3ccccc3)c3cccc4c3sc3ccccc34)cc3c2B5c2ccccc2N3c2c(-c3ccccc3)cccc2-c2ccccc2)cc1. The lowest BCUT2D eigenvalue weighted by Crippen LogP contribution is -2.65. The second-order valence-corrected chi connectivity index (χ2v) is 37.5. The fourth-order valence-electron chi connectivity index (χ4n) is 21.9. The van der Waals surface area contributed by atoms with E-state index >= 15 is 0 Å². The minimum absolute atomic E-state index is 0.331. The molecule has 0 radical (unpaired) electrons. The van der Waals surface area contributed by atoms with Crippen LogP contribution in [-0.2, 0) is 0 Å². The van der Waals surface area contributed by atoms with Gasteiger partial charge >= 0.3 is 0 Å². The standard InChI is InChI=1S/C120H76B2N6S3/c1-8-37-77(38-9-1)86-54-32-55-87(78-39-10-2-11-40-78)116(86)127-100-63-27-25-61-96(100)121-98-75-99-106(76-105(98)125(83-49-20-7-21-50-83)107-71-84(73-109(127)114(107)121)123(81-45-16-5-17-46-81)102-65-34-58-93-90-51-22-29-68-111(90)129-118(93)102)126(104-67-36-60-95-92-53-24-31-70-113(92)131-120(95)104)108-72-85(124(82-47-18-6-19-48-82)103-66-35-59-94-91-52-23-30-69-112(91)130-119(94)103)74-110-115(108)122(99)97-62-26-28-64-101(97)128(110)117-88(79-41-12-3-13-42-79)56-33-57-89(117)80-43-14-4-15-44-80/h1-76H. The molecule has 0 fully saturated rings. The highest BCUT2D eigenvalue weighted by molar-refractivity contribution is 7.27. The number of anilines is 18. The largest absolute Gasteiger partial charge is 0.311 e. The van der Waals surface area contributed by atoms with E-state index < -0.39 is 0 Å². The molecule has 131 heavy (non-hydrogen) atoms. The Hall–Kier alpha value is -16.0. The zero-order valence-electron chi connectivity index (χ0n) is 70.9. The van der Waals surface area contributed by atoms with E-state index in [-0.39, 0.29) is 13.4 Å². The van der Waals surface area contributed by atoms with Crippen LogP contribution in [0.3, 0.4) is 0 Å². The molecule has 11 heteroatoms. The Morgan fingerprint density at radius 2 is 0.496 bits per heavy atom. The first-order chi connectivity index (χ1) is 65.1. The summed E-state index contributed by atoms with van der Waals surface area (Å²) in [5.74, 6) is 0. The van der Waals surface area contributed by atoms with Gasteiger partial charge < -0.3 is 29.4 Å². The first-order valence-corrected chi connectivity index (χ1v) is 47.4. The van der Waals surface area contributed by atoms with Gasteiger partial charge in [0.2, 0.25) is 0 Å². The van der Waals surface area contributed by atoms with Gasteiger partial charge in [-0.2, -0.15) is 0 Å². The lowest BCUT2D eigenvalue weighted by atomic mass is 9.30.